The number of carbonyl (C=O) groups excluding carboxylic acids is 1. The van der Waals surface area contributed by atoms with Crippen molar-refractivity contribution in [1.82, 2.24) is 9.71 Å². The molecule has 1 aliphatic carbocycles. The Kier molecular flexibility index (Phi) is 7.22. The van der Waals surface area contributed by atoms with Crippen LogP contribution < -0.4 is 14.8 Å². The maximum absolute atomic E-state index is 12.6. The van der Waals surface area contributed by atoms with Gasteiger partial charge in [0, 0.05) is 18.3 Å². The standard InChI is InChI=1S/C21H27N3O4S/c1-2-23-29(26,27)18-12-10-17(11-13-18)21(25)24-20-19(9-6-14-22-20)28-15-16-7-4-3-5-8-16/h6,9-14,16,23H,2-5,7-8,15H2,1H3,(H,22,24,25). The maximum atomic E-state index is 12.6. The minimum atomic E-state index is -3.55. The van der Waals surface area contributed by atoms with Crippen molar-refractivity contribution in [2.45, 2.75) is 43.9 Å². The van der Waals surface area contributed by atoms with Crippen LogP contribution in [0, 0.1) is 5.92 Å². The molecule has 0 aliphatic heterocycles. The predicted molar refractivity (Wildman–Crippen MR) is 112 cm³/mol. The van der Waals surface area contributed by atoms with Gasteiger partial charge in [-0.15, -0.1) is 0 Å². The molecule has 2 N–H and O–H groups in total. The number of rotatable bonds is 8. The molecule has 0 atom stereocenters. The molecule has 29 heavy (non-hydrogen) atoms. The molecular formula is C21H27N3O4S. The molecule has 0 bridgehead atoms. The zero-order valence-corrected chi connectivity index (χ0v) is 17.4. The SMILES string of the molecule is CCNS(=O)(=O)c1ccc(C(=O)Nc2ncccc2OCC2CCCCC2)cc1. The number of hydrogen-bond acceptors (Lipinski definition) is 5. The fourth-order valence-corrected chi connectivity index (χ4v) is 4.44. The van der Waals surface area contributed by atoms with E-state index in [0.29, 0.717) is 36.2 Å². The Bertz CT molecular complexity index is 923. The number of nitrogens with one attached hydrogen (secondary N) is 2. The van der Waals surface area contributed by atoms with Crippen LogP contribution in [0.15, 0.2) is 47.5 Å². The normalized spacial score (nSPS) is 15.1. The second kappa shape index (κ2) is 9.84. The molecule has 0 radical (unpaired) electrons. The van der Waals surface area contributed by atoms with E-state index in [1.165, 1.54) is 56.4 Å². The van der Waals surface area contributed by atoms with Gasteiger partial charge in [0.2, 0.25) is 10.0 Å². The number of hydrogen-bond donors (Lipinski definition) is 2. The minimum absolute atomic E-state index is 0.116. The summed E-state index contributed by atoms with van der Waals surface area (Å²) in [6.07, 6.45) is 7.71. The second-order valence-corrected chi connectivity index (χ2v) is 8.91. The summed E-state index contributed by atoms with van der Waals surface area (Å²) in [6, 6.07) is 9.33. The van der Waals surface area contributed by atoms with Crippen molar-refractivity contribution in [1.29, 1.82) is 0 Å². The van der Waals surface area contributed by atoms with Gasteiger partial charge in [-0.05, 0) is 55.2 Å². The third-order valence-corrected chi connectivity index (χ3v) is 6.52. The van der Waals surface area contributed by atoms with Crippen LogP contribution in [0.1, 0.15) is 49.4 Å². The Balaban J connectivity index is 1.66. The highest BCUT2D eigenvalue weighted by Crippen LogP contribution is 2.27. The fourth-order valence-electron chi connectivity index (χ4n) is 3.40. The smallest absolute Gasteiger partial charge is 0.256 e. The highest BCUT2D eigenvalue weighted by atomic mass is 32.2. The van der Waals surface area contributed by atoms with E-state index in [1.54, 1.807) is 25.3 Å². The molecule has 1 aliphatic rings. The number of anilines is 1. The number of amides is 1. The van der Waals surface area contributed by atoms with Crippen LogP contribution in [-0.2, 0) is 10.0 Å². The van der Waals surface area contributed by atoms with Crippen LogP contribution in [0.4, 0.5) is 5.82 Å². The molecule has 156 valence electrons. The summed E-state index contributed by atoms with van der Waals surface area (Å²) in [5.74, 6) is 1.06. The Morgan fingerprint density at radius 2 is 1.86 bits per heavy atom. The van der Waals surface area contributed by atoms with Crippen LogP contribution in [0.25, 0.3) is 0 Å². The summed E-state index contributed by atoms with van der Waals surface area (Å²) in [4.78, 5) is 16.9. The van der Waals surface area contributed by atoms with Gasteiger partial charge < -0.3 is 10.1 Å². The molecule has 1 aromatic heterocycles. The fraction of sp³-hybridized carbons (Fsp3) is 0.429. The molecule has 1 fully saturated rings. The number of pyridine rings is 1. The van der Waals surface area contributed by atoms with Crippen LogP contribution in [0.5, 0.6) is 5.75 Å². The average Bonchev–Trinajstić information content (AvgIpc) is 2.74. The van der Waals surface area contributed by atoms with E-state index in [4.69, 9.17) is 4.74 Å². The topological polar surface area (TPSA) is 97.4 Å². The Morgan fingerprint density at radius 1 is 1.14 bits per heavy atom. The van der Waals surface area contributed by atoms with E-state index < -0.39 is 10.0 Å². The first kappa shape index (κ1) is 21.3. The molecule has 7 nitrogen and oxygen atoms in total. The molecule has 1 saturated carbocycles. The van der Waals surface area contributed by atoms with Crippen LogP contribution >= 0.6 is 0 Å². The van der Waals surface area contributed by atoms with Crippen molar-refractivity contribution >= 4 is 21.7 Å². The van der Waals surface area contributed by atoms with Crippen LogP contribution in [-0.4, -0.2) is 32.5 Å². The molecule has 3 rings (SSSR count). The lowest BCUT2D eigenvalue weighted by Crippen LogP contribution is -2.23. The van der Waals surface area contributed by atoms with Gasteiger partial charge in [0.15, 0.2) is 11.6 Å². The molecule has 1 heterocycles. The van der Waals surface area contributed by atoms with Gasteiger partial charge in [0.05, 0.1) is 11.5 Å². The third-order valence-electron chi connectivity index (χ3n) is 4.96. The van der Waals surface area contributed by atoms with E-state index >= 15 is 0 Å². The van der Waals surface area contributed by atoms with Gasteiger partial charge in [0.25, 0.3) is 5.91 Å². The van der Waals surface area contributed by atoms with E-state index in [-0.39, 0.29) is 10.8 Å². The zero-order valence-electron chi connectivity index (χ0n) is 16.6. The summed E-state index contributed by atoms with van der Waals surface area (Å²) in [7, 11) is -3.55. The molecule has 0 saturated heterocycles. The van der Waals surface area contributed by atoms with Crippen molar-refractivity contribution < 1.29 is 17.9 Å². The summed E-state index contributed by atoms with van der Waals surface area (Å²) in [6.45, 7) is 2.62. The molecular weight excluding hydrogens is 390 g/mol. The van der Waals surface area contributed by atoms with Crippen LogP contribution in [0.3, 0.4) is 0 Å². The van der Waals surface area contributed by atoms with E-state index in [1.807, 2.05) is 0 Å². The van der Waals surface area contributed by atoms with Crippen molar-refractivity contribution in [3.8, 4) is 5.75 Å². The lowest BCUT2D eigenvalue weighted by molar-refractivity contribution is 0.102. The molecule has 0 spiro atoms. The molecule has 0 unspecified atom stereocenters. The van der Waals surface area contributed by atoms with Crippen molar-refractivity contribution in [2.75, 3.05) is 18.5 Å². The number of sulfonamides is 1. The summed E-state index contributed by atoms with van der Waals surface area (Å²) < 4.78 is 32.4. The number of ether oxygens (including phenoxy) is 1. The summed E-state index contributed by atoms with van der Waals surface area (Å²) >= 11 is 0. The van der Waals surface area contributed by atoms with Gasteiger partial charge in [-0.2, -0.15) is 0 Å². The van der Waals surface area contributed by atoms with E-state index in [9.17, 15) is 13.2 Å². The second-order valence-electron chi connectivity index (χ2n) is 7.15. The maximum Gasteiger partial charge on any atom is 0.256 e. The monoisotopic (exact) mass is 417 g/mol. The predicted octanol–water partition coefficient (Wildman–Crippen LogP) is 3.59. The number of aromatic nitrogens is 1. The van der Waals surface area contributed by atoms with Gasteiger partial charge in [-0.3, -0.25) is 4.79 Å². The van der Waals surface area contributed by atoms with E-state index in [2.05, 4.69) is 15.0 Å². The Morgan fingerprint density at radius 3 is 2.55 bits per heavy atom. The lowest BCUT2D eigenvalue weighted by Gasteiger charge is -2.22. The average molecular weight is 418 g/mol. The first-order valence-corrected chi connectivity index (χ1v) is 11.5. The van der Waals surface area contributed by atoms with E-state index in [0.717, 1.165) is 0 Å². The first-order valence-electron chi connectivity index (χ1n) is 9.98. The first-order chi connectivity index (χ1) is 14.0. The highest BCUT2D eigenvalue weighted by Gasteiger charge is 2.17. The third kappa shape index (κ3) is 5.77. The molecule has 1 aromatic carbocycles. The lowest BCUT2D eigenvalue weighted by atomic mass is 9.90. The Labute approximate surface area is 171 Å². The highest BCUT2D eigenvalue weighted by molar-refractivity contribution is 7.89. The molecule has 1 amide bonds. The number of carbonyl (C=O) groups is 1. The zero-order chi connectivity index (χ0) is 20.7. The molecule has 8 heteroatoms. The minimum Gasteiger partial charge on any atom is -0.489 e. The molecule has 2 aromatic rings. The summed E-state index contributed by atoms with van der Waals surface area (Å²) in [5, 5.41) is 2.76. The van der Waals surface area contributed by atoms with Crippen LogP contribution in [0.2, 0.25) is 0 Å². The quantitative estimate of drug-likeness (QED) is 0.684. The number of benzene rings is 1. The Hall–Kier alpha value is -2.45. The van der Waals surface area contributed by atoms with Crippen molar-refractivity contribution in [3.05, 3.63) is 48.2 Å². The summed E-state index contributed by atoms with van der Waals surface area (Å²) in [5.41, 5.74) is 0.337. The number of nitrogens with zero attached hydrogens (tertiary/aromatic N) is 1. The van der Waals surface area contributed by atoms with Gasteiger partial charge >= 0.3 is 0 Å². The largest absolute Gasteiger partial charge is 0.489 e. The van der Waals surface area contributed by atoms with Crippen molar-refractivity contribution in [2.24, 2.45) is 5.92 Å². The van der Waals surface area contributed by atoms with Crippen molar-refractivity contribution in [3.63, 3.8) is 0 Å². The van der Waals surface area contributed by atoms with Gasteiger partial charge in [0.1, 0.15) is 0 Å². The van der Waals surface area contributed by atoms with Gasteiger partial charge in [-0.25, -0.2) is 18.1 Å². The van der Waals surface area contributed by atoms with Gasteiger partial charge in [-0.1, -0.05) is 26.2 Å².